The molecule has 0 aliphatic rings. The fraction of sp³-hybridized carbons (Fsp3) is 1.00. The van der Waals surface area contributed by atoms with Crippen molar-refractivity contribution in [3.05, 3.63) is 0 Å². The second-order valence-electron chi connectivity index (χ2n) is 7.18. The molecular formula is C20H42. The monoisotopic (exact) mass is 282 g/mol. The Labute approximate surface area is 130 Å². The van der Waals surface area contributed by atoms with Crippen LogP contribution in [0.4, 0.5) is 0 Å². The van der Waals surface area contributed by atoms with E-state index in [-0.39, 0.29) is 0 Å². The SMILES string of the molecule is CCCCCCCCCCCCCC(C)CC(C)CC. The molecule has 0 aromatic carbocycles. The standard InChI is InChI=1S/C20H42/c1-5-7-8-9-10-11-12-13-14-15-16-17-20(4)18-19(3)6-2/h19-20H,5-18H2,1-4H3. The van der Waals surface area contributed by atoms with E-state index in [0.717, 1.165) is 11.8 Å². The minimum atomic E-state index is 0.928. The zero-order valence-corrected chi connectivity index (χ0v) is 15.1. The van der Waals surface area contributed by atoms with Gasteiger partial charge < -0.3 is 0 Å². The Balaban J connectivity index is 3.12. The molecule has 0 heterocycles. The molecule has 0 nitrogen and oxygen atoms in total. The first kappa shape index (κ1) is 20.0. The molecule has 0 aromatic heterocycles. The Morgan fingerprint density at radius 1 is 0.550 bits per heavy atom. The van der Waals surface area contributed by atoms with Gasteiger partial charge in [-0.3, -0.25) is 0 Å². The Bertz CT molecular complexity index is 173. The molecule has 0 bridgehead atoms. The first-order valence-corrected chi connectivity index (χ1v) is 9.70. The molecule has 122 valence electrons. The largest absolute Gasteiger partial charge is 0.0654 e. The summed E-state index contributed by atoms with van der Waals surface area (Å²) < 4.78 is 0. The van der Waals surface area contributed by atoms with Gasteiger partial charge in [0, 0.05) is 0 Å². The van der Waals surface area contributed by atoms with Crippen molar-refractivity contribution < 1.29 is 0 Å². The van der Waals surface area contributed by atoms with Gasteiger partial charge in [0.2, 0.25) is 0 Å². The first-order chi connectivity index (χ1) is 9.70. The molecule has 0 heteroatoms. The lowest BCUT2D eigenvalue weighted by Crippen LogP contribution is -2.02. The molecule has 0 radical (unpaired) electrons. The molecule has 2 unspecified atom stereocenters. The summed E-state index contributed by atoms with van der Waals surface area (Å²) in [6.07, 6.45) is 20.3. The van der Waals surface area contributed by atoms with Gasteiger partial charge in [-0.1, -0.05) is 111 Å². The van der Waals surface area contributed by atoms with Gasteiger partial charge in [0.1, 0.15) is 0 Å². The highest BCUT2D eigenvalue weighted by Gasteiger charge is 2.06. The smallest absolute Gasteiger partial charge is 0.0440 e. The van der Waals surface area contributed by atoms with Gasteiger partial charge in [-0.2, -0.15) is 0 Å². The van der Waals surface area contributed by atoms with Crippen LogP contribution < -0.4 is 0 Å². The van der Waals surface area contributed by atoms with Gasteiger partial charge in [-0.15, -0.1) is 0 Å². The summed E-state index contributed by atoms with van der Waals surface area (Å²) in [4.78, 5) is 0. The first-order valence-electron chi connectivity index (χ1n) is 9.70. The van der Waals surface area contributed by atoms with Crippen LogP contribution in [0.15, 0.2) is 0 Å². The van der Waals surface area contributed by atoms with Crippen LogP contribution in [0.1, 0.15) is 118 Å². The molecule has 0 saturated heterocycles. The van der Waals surface area contributed by atoms with Crippen molar-refractivity contribution in [1.82, 2.24) is 0 Å². The van der Waals surface area contributed by atoms with Gasteiger partial charge in [0.25, 0.3) is 0 Å². The molecule has 0 saturated carbocycles. The van der Waals surface area contributed by atoms with E-state index in [1.54, 1.807) is 0 Å². The number of hydrogen-bond acceptors (Lipinski definition) is 0. The second-order valence-corrected chi connectivity index (χ2v) is 7.18. The summed E-state index contributed by atoms with van der Waals surface area (Å²) in [5.74, 6) is 1.88. The molecule has 0 rings (SSSR count). The lowest BCUT2D eigenvalue weighted by atomic mass is 9.91. The van der Waals surface area contributed by atoms with Crippen LogP contribution >= 0.6 is 0 Å². The maximum atomic E-state index is 2.45. The Hall–Kier alpha value is 0. The van der Waals surface area contributed by atoms with Crippen LogP contribution in [-0.4, -0.2) is 0 Å². The highest BCUT2D eigenvalue weighted by atomic mass is 14.1. The fourth-order valence-electron chi connectivity index (χ4n) is 3.13. The topological polar surface area (TPSA) is 0 Å². The molecular weight excluding hydrogens is 240 g/mol. The zero-order chi connectivity index (χ0) is 15.1. The van der Waals surface area contributed by atoms with E-state index < -0.39 is 0 Å². The lowest BCUT2D eigenvalue weighted by molar-refractivity contribution is 0.374. The van der Waals surface area contributed by atoms with Gasteiger partial charge in [-0.25, -0.2) is 0 Å². The van der Waals surface area contributed by atoms with E-state index in [1.165, 1.54) is 89.9 Å². The van der Waals surface area contributed by atoms with Crippen LogP contribution in [0.25, 0.3) is 0 Å². The zero-order valence-electron chi connectivity index (χ0n) is 15.1. The Kier molecular flexibility index (Phi) is 15.4. The van der Waals surface area contributed by atoms with Crippen LogP contribution in [0.2, 0.25) is 0 Å². The highest BCUT2D eigenvalue weighted by Crippen LogP contribution is 2.20. The summed E-state index contributed by atoms with van der Waals surface area (Å²) in [7, 11) is 0. The number of hydrogen-bond donors (Lipinski definition) is 0. The van der Waals surface area contributed by atoms with Crippen molar-refractivity contribution in [1.29, 1.82) is 0 Å². The van der Waals surface area contributed by atoms with Crippen LogP contribution in [0.3, 0.4) is 0 Å². The van der Waals surface area contributed by atoms with Crippen molar-refractivity contribution in [3.8, 4) is 0 Å². The van der Waals surface area contributed by atoms with E-state index in [0.29, 0.717) is 0 Å². The molecule has 0 fully saturated rings. The van der Waals surface area contributed by atoms with E-state index in [2.05, 4.69) is 27.7 Å². The maximum absolute atomic E-state index is 2.45. The number of unbranched alkanes of at least 4 members (excludes halogenated alkanes) is 10. The van der Waals surface area contributed by atoms with Crippen LogP contribution in [-0.2, 0) is 0 Å². The Morgan fingerprint density at radius 2 is 1.00 bits per heavy atom. The molecule has 0 aliphatic carbocycles. The molecule has 20 heavy (non-hydrogen) atoms. The maximum Gasteiger partial charge on any atom is -0.0440 e. The average molecular weight is 283 g/mol. The van der Waals surface area contributed by atoms with Gasteiger partial charge in [-0.05, 0) is 18.3 Å². The van der Waals surface area contributed by atoms with Gasteiger partial charge >= 0.3 is 0 Å². The quantitative estimate of drug-likeness (QED) is 0.269. The minimum Gasteiger partial charge on any atom is -0.0654 e. The summed E-state index contributed by atoms with van der Waals surface area (Å²) >= 11 is 0. The number of rotatable bonds is 15. The molecule has 0 spiro atoms. The van der Waals surface area contributed by atoms with Crippen LogP contribution in [0, 0.1) is 11.8 Å². The summed E-state index contributed by atoms with van der Waals surface area (Å²) in [6.45, 7) is 9.46. The predicted molar refractivity (Wildman–Crippen MR) is 94.3 cm³/mol. The molecule has 0 aromatic rings. The average Bonchev–Trinajstić information content (AvgIpc) is 2.44. The Morgan fingerprint density at radius 3 is 1.45 bits per heavy atom. The summed E-state index contributed by atoms with van der Waals surface area (Å²) in [5, 5.41) is 0. The summed E-state index contributed by atoms with van der Waals surface area (Å²) in [5.41, 5.74) is 0. The summed E-state index contributed by atoms with van der Waals surface area (Å²) in [6, 6.07) is 0. The van der Waals surface area contributed by atoms with Gasteiger partial charge in [0.15, 0.2) is 0 Å². The third kappa shape index (κ3) is 14.4. The van der Waals surface area contributed by atoms with Crippen molar-refractivity contribution in [3.63, 3.8) is 0 Å². The second kappa shape index (κ2) is 15.4. The van der Waals surface area contributed by atoms with Crippen molar-refractivity contribution in [2.75, 3.05) is 0 Å². The van der Waals surface area contributed by atoms with E-state index in [4.69, 9.17) is 0 Å². The molecule has 2 atom stereocenters. The molecule has 0 amide bonds. The fourth-order valence-corrected chi connectivity index (χ4v) is 3.13. The van der Waals surface area contributed by atoms with E-state index in [1.807, 2.05) is 0 Å². The highest BCUT2D eigenvalue weighted by molar-refractivity contribution is 4.59. The molecule has 0 N–H and O–H groups in total. The lowest BCUT2D eigenvalue weighted by Gasteiger charge is -2.15. The normalized spacial score (nSPS) is 14.4. The van der Waals surface area contributed by atoms with Crippen molar-refractivity contribution in [2.45, 2.75) is 118 Å². The molecule has 0 aliphatic heterocycles. The predicted octanol–water partition coefficient (Wildman–Crippen LogP) is 7.76. The van der Waals surface area contributed by atoms with E-state index in [9.17, 15) is 0 Å². The van der Waals surface area contributed by atoms with E-state index >= 15 is 0 Å². The van der Waals surface area contributed by atoms with Crippen molar-refractivity contribution >= 4 is 0 Å². The van der Waals surface area contributed by atoms with Gasteiger partial charge in [0.05, 0.1) is 0 Å². The third-order valence-corrected chi connectivity index (χ3v) is 4.80. The third-order valence-electron chi connectivity index (χ3n) is 4.80. The van der Waals surface area contributed by atoms with Crippen LogP contribution in [0.5, 0.6) is 0 Å². The van der Waals surface area contributed by atoms with Crippen molar-refractivity contribution in [2.24, 2.45) is 11.8 Å². The minimum absolute atomic E-state index is 0.928.